The van der Waals surface area contributed by atoms with Crippen LogP contribution in [-0.4, -0.2) is 36.6 Å². The van der Waals surface area contributed by atoms with Crippen LogP contribution >= 0.6 is 0 Å². The van der Waals surface area contributed by atoms with E-state index < -0.39 is 12.1 Å². The number of carbonyl (C=O) groups excluding carboxylic acids is 1. The van der Waals surface area contributed by atoms with Crippen molar-refractivity contribution in [3.8, 4) is 6.07 Å². The Balaban J connectivity index is 1.84. The summed E-state index contributed by atoms with van der Waals surface area (Å²) in [5, 5.41) is 11.6. The van der Waals surface area contributed by atoms with Crippen molar-refractivity contribution in [3.63, 3.8) is 0 Å². The van der Waals surface area contributed by atoms with Crippen molar-refractivity contribution in [3.05, 3.63) is 29.8 Å². The number of nitrogens with zero attached hydrogens (tertiary/aromatic N) is 2. The molecule has 2 rings (SSSR count). The van der Waals surface area contributed by atoms with Gasteiger partial charge in [0, 0.05) is 19.5 Å². The molecule has 1 aromatic rings. The summed E-state index contributed by atoms with van der Waals surface area (Å²) in [4.78, 5) is 13.6. The third-order valence-corrected chi connectivity index (χ3v) is 3.95. The SMILES string of the molecule is N#Cc1ccccc1NC(=O)CCN1CCC[C@@H](C(F)(F)F)C1. The number of para-hydroxylation sites is 1. The van der Waals surface area contributed by atoms with Gasteiger partial charge in [0.2, 0.25) is 5.91 Å². The van der Waals surface area contributed by atoms with Crippen LogP contribution in [0.4, 0.5) is 18.9 Å². The molecule has 0 aromatic heterocycles. The van der Waals surface area contributed by atoms with E-state index in [2.05, 4.69) is 5.32 Å². The summed E-state index contributed by atoms with van der Waals surface area (Å²) in [6.45, 7) is 0.813. The zero-order valence-electron chi connectivity index (χ0n) is 12.6. The maximum Gasteiger partial charge on any atom is 0.393 e. The molecule has 1 aliphatic rings. The van der Waals surface area contributed by atoms with Gasteiger partial charge in [-0.2, -0.15) is 18.4 Å². The lowest BCUT2D eigenvalue weighted by molar-refractivity contribution is -0.186. The maximum atomic E-state index is 12.7. The van der Waals surface area contributed by atoms with Crippen molar-refractivity contribution in [1.29, 1.82) is 5.26 Å². The predicted molar refractivity (Wildman–Crippen MR) is 79.6 cm³/mol. The Hall–Kier alpha value is -2.07. The second-order valence-electron chi connectivity index (χ2n) is 5.64. The van der Waals surface area contributed by atoms with Crippen LogP contribution in [0.5, 0.6) is 0 Å². The van der Waals surface area contributed by atoms with Gasteiger partial charge in [-0.15, -0.1) is 0 Å². The molecular formula is C16H18F3N3O. The van der Waals surface area contributed by atoms with Crippen LogP contribution < -0.4 is 5.32 Å². The van der Waals surface area contributed by atoms with Gasteiger partial charge in [-0.1, -0.05) is 12.1 Å². The van der Waals surface area contributed by atoms with E-state index in [1.54, 1.807) is 29.2 Å². The number of rotatable bonds is 4. The molecule has 23 heavy (non-hydrogen) atoms. The Labute approximate surface area is 132 Å². The van der Waals surface area contributed by atoms with Crippen LogP contribution in [0.15, 0.2) is 24.3 Å². The molecule has 124 valence electrons. The van der Waals surface area contributed by atoms with E-state index >= 15 is 0 Å². The lowest BCUT2D eigenvalue weighted by Gasteiger charge is -2.33. The number of piperidine rings is 1. The van der Waals surface area contributed by atoms with Crippen molar-refractivity contribution < 1.29 is 18.0 Å². The molecule has 4 nitrogen and oxygen atoms in total. The van der Waals surface area contributed by atoms with Crippen molar-refractivity contribution in [2.75, 3.05) is 25.0 Å². The van der Waals surface area contributed by atoms with E-state index in [4.69, 9.17) is 5.26 Å². The smallest absolute Gasteiger partial charge is 0.325 e. The van der Waals surface area contributed by atoms with Crippen LogP contribution in [0, 0.1) is 17.2 Å². The van der Waals surface area contributed by atoms with E-state index in [1.807, 2.05) is 6.07 Å². The van der Waals surface area contributed by atoms with Gasteiger partial charge in [0.1, 0.15) is 6.07 Å². The van der Waals surface area contributed by atoms with Crippen molar-refractivity contribution in [1.82, 2.24) is 4.90 Å². The van der Waals surface area contributed by atoms with Gasteiger partial charge in [-0.25, -0.2) is 0 Å². The third-order valence-electron chi connectivity index (χ3n) is 3.95. The number of likely N-dealkylation sites (tertiary alicyclic amines) is 1. The summed E-state index contributed by atoms with van der Waals surface area (Å²) in [6, 6.07) is 8.59. The maximum absolute atomic E-state index is 12.7. The number of nitrogens with one attached hydrogen (secondary N) is 1. The zero-order valence-corrected chi connectivity index (χ0v) is 12.6. The van der Waals surface area contributed by atoms with Gasteiger partial charge in [-0.05, 0) is 31.5 Å². The summed E-state index contributed by atoms with van der Waals surface area (Å²) in [5.41, 5.74) is 0.780. The highest BCUT2D eigenvalue weighted by atomic mass is 19.4. The standard InChI is InChI=1S/C16H18F3N3O/c17-16(18,19)13-5-3-8-22(11-13)9-7-15(23)21-14-6-2-1-4-12(14)10-20/h1-2,4,6,13H,3,5,7-9,11H2,(H,21,23)/t13-/m1/s1. The first-order chi connectivity index (χ1) is 10.9. The summed E-state index contributed by atoms with van der Waals surface area (Å²) >= 11 is 0. The van der Waals surface area contributed by atoms with Gasteiger partial charge < -0.3 is 10.2 Å². The van der Waals surface area contributed by atoms with E-state index in [9.17, 15) is 18.0 Å². The molecule has 1 aromatic carbocycles. The molecule has 1 heterocycles. The number of hydrogen-bond acceptors (Lipinski definition) is 3. The number of benzene rings is 1. The molecule has 7 heteroatoms. The fraction of sp³-hybridized carbons (Fsp3) is 0.500. The predicted octanol–water partition coefficient (Wildman–Crippen LogP) is 3.16. The van der Waals surface area contributed by atoms with Gasteiger partial charge in [0.15, 0.2) is 0 Å². The van der Waals surface area contributed by atoms with Crippen molar-refractivity contribution in [2.24, 2.45) is 5.92 Å². The molecule has 0 radical (unpaired) electrons. The summed E-state index contributed by atoms with van der Waals surface area (Å²) in [7, 11) is 0. The zero-order chi connectivity index (χ0) is 16.9. The number of carbonyl (C=O) groups is 1. The number of amides is 1. The molecule has 0 spiro atoms. The van der Waals surface area contributed by atoms with Gasteiger partial charge in [0.05, 0.1) is 17.2 Å². The Bertz CT molecular complexity index is 595. The summed E-state index contributed by atoms with van der Waals surface area (Å²) in [6.07, 6.45) is -3.43. The monoisotopic (exact) mass is 325 g/mol. The highest BCUT2D eigenvalue weighted by molar-refractivity contribution is 5.92. The molecular weight excluding hydrogens is 307 g/mol. The fourth-order valence-electron chi connectivity index (χ4n) is 2.69. The summed E-state index contributed by atoms with van der Waals surface area (Å²) in [5.74, 6) is -1.61. The first-order valence-corrected chi connectivity index (χ1v) is 7.48. The number of hydrogen-bond donors (Lipinski definition) is 1. The Morgan fingerprint density at radius 2 is 2.13 bits per heavy atom. The lowest BCUT2D eigenvalue weighted by atomic mass is 9.97. The molecule has 0 saturated carbocycles. The molecule has 1 aliphatic heterocycles. The molecule has 1 saturated heterocycles. The first-order valence-electron chi connectivity index (χ1n) is 7.48. The van der Waals surface area contributed by atoms with Crippen LogP contribution in [0.1, 0.15) is 24.8 Å². The van der Waals surface area contributed by atoms with Crippen LogP contribution in [0.25, 0.3) is 0 Å². The van der Waals surface area contributed by atoms with Crippen molar-refractivity contribution >= 4 is 11.6 Å². The van der Waals surface area contributed by atoms with Crippen LogP contribution in [-0.2, 0) is 4.79 Å². The fourth-order valence-corrected chi connectivity index (χ4v) is 2.69. The van der Waals surface area contributed by atoms with E-state index in [0.717, 1.165) is 0 Å². The Morgan fingerprint density at radius 1 is 1.39 bits per heavy atom. The lowest BCUT2D eigenvalue weighted by Crippen LogP contribution is -2.42. The molecule has 1 N–H and O–H groups in total. The number of halogens is 3. The van der Waals surface area contributed by atoms with Gasteiger partial charge in [-0.3, -0.25) is 4.79 Å². The summed E-state index contributed by atoms with van der Waals surface area (Å²) < 4.78 is 38.2. The highest BCUT2D eigenvalue weighted by Crippen LogP contribution is 2.33. The minimum absolute atomic E-state index is 0.0500. The molecule has 0 bridgehead atoms. The number of nitriles is 1. The molecule has 1 fully saturated rings. The molecule has 1 atom stereocenters. The number of alkyl halides is 3. The molecule has 0 aliphatic carbocycles. The Kier molecular flexibility index (Phi) is 5.61. The molecule has 1 amide bonds. The normalized spacial score (nSPS) is 19.1. The average molecular weight is 325 g/mol. The second kappa shape index (κ2) is 7.47. The second-order valence-corrected chi connectivity index (χ2v) is 5.64. The van der Waals surface area contributed by atoms with Crippen LogP contribution in [0.2, 0.25) is 0 Å². The highest BCUT2D eigenvalue weighted by Gasteiger charge is 2.41. The third kappa shape index (κ3) is 4.96. The largest absolute Gasteiger partial charge is 0.393 e. The molecule has 0 unspecified atom stereocenters. The van der Waals surface area contributed by atoms with E-state index in [-0.39, 0.29) is 31.8 Å². The first kappa shape index (κ1) is 17.3. The van der Waals surface area contributed by atoms with Gasteiger partial charge >= 0.3 is 6.18 Å². The quantitative estimate of drug-likeness (QED) is 0.925. The minimum atomic E-state index is -4.17. The van der Waals surface area contributed by atoms with Gasteiger partial charge in [0.25, 0.3) is 0 Å². The average Bonchev–Trinajstić information content (AvgIpc) is 2.53. The van der Waals surface area contributed by atoms with Crippen LogP contribution in [0.3, 0.4) is 0 Å². The minimum Gasteiger partial charge on any atom is -0.325 e. The topological polar surface area (TPSA) is 56.1 Å². The Morgan fingerprint density at radius 3 is 2.83 bits per heavy atom. The van der Waals surface area contributed by atoms with E-state index in [0.29, 0.717) is 24.2 Å². The van der Waals surface area contributed by atoms with Crippen molar-refractivity contribution in [2.45, 2.75) is 25.4 Å². The number of anilines is 1. The van der Waals surface area contributed by atoms with E-state index in [1.165, 1.54) is 0 Å².